The zero-order valence-corrected chi connectivity index (χ0v) is 11.9. The molecule has 0 aliphatic heterocycles. The van der Waals surface area contributed by atoms with E-state index >= 15 is 0 Å². The molecule has 0 aliphatic rings. The fourth-order valence-electron chi connectivity index (χ4n) is 2.27. The van der Waals surface area contributed by atoms with Crippen LogP contribution in [0.25, 0.3) is 10.8 Å². The third kappa shape index (κ3) is 2.95. The largest absolute Gasteiger partial charge is 0.423 e. The fraction of sp³-hybridized carbons (Fsp3) is 0.105. The van der Waals surface area contributed by atoms with Crippen LogP contribution in [0.1, 0.15) is 22.8 Å². The average Bonchev–Trinajstić information content (AvgIpc) is 2.55. The maximum absolute atomic E-state index is 12.1. The molecule has 0 bridgehead atoms. The van der Waals surface area contributed by atoms with Gasteiger partial charge in [-0.25, -0.2) is 4.79 Å². The number of ether oxygens (including phenoxy) is 1. The zero-order chi connectivity index (χ0) is 14.7. The van der Waals surface area contributed by atoms with Crippen molar-refractivity contribution in [3.8, 4) is 5.75 Å². The van der Waals surface area contributed by atoms with E-state index < -0.39 is 0 Å². The lowest BCUT2D eigenvalue weighted by molar-refractivity contribution is 0.0735. The van der Waals surface area contributed by atoms with Gasteiger partial charge in [0.15, 0.2) is 0 Å². The molecular formula is C19H16O2. The van der Waals surface area contributed by atoms with E-state index in [1.807, 2.05) is 66.7 Å². The molecule has 0 heterocycles. The van der Waals surface area contributed by atoms with Crippen molar-refractivity contribution in [2.24, 2.45) is 0 Å². The van der Waals surface area contributed by atoms with Gasteiger partial charge in [0.25, 0.3) is 0 Å². The molecule has 3 aromatic rings. The number of rotatable bonds is 3. The number of fused-ring (bicyclic) bond motifs is 1. The van der Waals surface area contributed by atoms with Gasteiger partial charge in [-0.15, -0.1) is 0 Å². The Morgan fingerprint density at radius 2 is 1.62 bits per heavy atom. The fourth-order valence-corrected chi connectivity index (χ4v) is 2.27. The predicted octanol–water partition coefficient (Wildman–Crippen LogP) is 4.62. The lowest BCUT2D eigenvalue weighted by Gasteiger charge is -2.06. The standard InChI is InChI=1S/C19H16O2/c1-2-14-7-9-16(10-8-14)19(20)21-18-12-11-15-5-3-4-6-17(15)13-18/h3-13H,2H2,1H3. The first-order valence-electron chi connectivity index (χ1n) is 7.06. The van der Waals surface area contributed by atoms with Crippen LogP contribution in [0.15, 0.2) is 66.7 Å². The highest BCUT2D eigenvalue weighted by molar-refractivity contribution is 5.92. The Morgan fingerprint density at radius 1 is 0.905 bits per heavy atom. The molecule has 0 aromatic heterocycles. The lowest BCUT2D eigenvalue weighted by atomic mass is 10.1. The number of aryl methyl sites for hydroxylation is 1. The Kier molecular flexibility index (Phi) is 3.69. The van der Waals surface area contributed by atoms with Crippen molar-refractivity contribution >= 4 is 16.7 Å². The highest BCUT2D eigenvalue weighted by Crippen LogP contribution is 2.21. The van der Waals surface area contributed by atoms with Gasteiger partial charge in [0.1, 0.15) is 5.75 Å². The topological polar surface area (TPSA) is 26.3 Å². The zero-order valence-electron chi connectivity index (χ0n) is 11.9. The molecule has 0 fully saturated rings. The van der Waals surface area contributed by atoms with E-state index in [0.717, 1.165) is 17.2 Å². The van der Waals surface area contributed by atoms with Crippen molar-refractivity contribution < 1.29 is 9.53 Å². The Bertz CT molecular complexity index is 773. The monoisotopic (exact) mass is 276 g/mol. The summed E-state index contributed by atoms with van der Waals surface area (Å²) in [4.78, 5) is 12.1. The lowest BCUT2D eigenvalue weighted by Crippen LogP contribution is -2.08. The molecule has 3 aromatic carbocycles. The summed E-state index contributed by atoms with van der Waals surface area (Å²) in [7, 11) is 0. The molecule has 0 atom stereocenters. The minimum absolute atomic E-state index is 0.326. The summed E-state index contributed by atoms with van der Waals surface area (Å²) in [5.41, 5.74) is 1.78. The smallest absolute Gasteiger partial charge is 0.343 e. The summed E-state index contributed by atoms with van der Waals surface area (Å²) in [6.07, 6.45) is 0.958. The van der Waals surface area contributed by atoms with Crippen LogP contribution >= 0.6 is 0 Å². The van der Waals surface area contributed by atoms with Crippen molar-refractivity contribution in [2.45, 2.75) is 13.3 Å². The van der Waals surface area contributed by atoms with Crippen molar-refractivity contribution in [3.05, 3.63) is 77.9 Å². The van der Waals surface area contributed by atoms with E-state index in [1.54, 1.807) is 0 Å². The molecule has 0 radical (unpaired) electrons. The summed E-state index contributed by atoms with van der Waals surface area (Å²) in [6.45, 7) is 2.09. The van der Waals surface area contributed by atoms with E-state index in [1.165, 1.54) is 5.56 Å². The number of hydrogen-bond donors (Lipinski definition) is 0. The minimum atomic E-state index is -0.326. The van der Waals surface area contributed by atoms with E-state index in [0.29, 0.717) is 11.3 Å². The quantitative estimate of drug-likeness (QED) is 0.515. The second-order valence-electron chi connectivity index (χ2n) is 4.95. The van der Waals surface area contributed by atoms with E-state index in [-0.39, 0.29) is 5.97 Å². The van der Waals surface area contributed by atoms with Gasteiger partial charge in [-0.2, -0.15) is 0 Å². The van der Waals surface area contributed by atoms with E-state index in [9.17, 15) is 4.79 Å². The second kappa shape index (κ2) is 5.80. The van der Waals surface area contributed by atoms with Crippen LogP contribution in [0, 0.1) is 0 Å². The van der Waals surface area contributed by atoms with Crippen LogP contribution in [-0.4, -0.2) is 5.97 Å². The minimum Gasteiger partial charge on any atom is -0.423 e. The van der Waals surface area contributed by atoms with Gasteiger partial charge in [0, 0.05) is 0 Å². The van der Waals surface area contributed by atoms with Crippen molar-refractivity contribution in [3.63, 3.8) is 0 Å². The molecule has 21 heavy (non-hydrogen) atoms. The molecule has 0 aliphatic carbocycles. The van der Waals surface area contributed by atoms with Gasteiger partial charge in [0.2, 0.25) is 0 Å². The third-order valence-corrected chi connectivity index (χ3v) is 3.53. The van der Waals surface area contributed by atoms with E-state index in [2.05, 4.69) is 6.92 Å². The first-order chi connectivity index (χ1) is 10.3. The van der Waals surface area contributed by atoms with Crippen LogP contribution < -0.4 is 4.74 Å². The Hall–Kier alpha value is -2.61. The van der Waals surface area contributed by atoms with Crippen LogP contribution in [0.4, 0.5) is 0 Å². The normalized spacial score (nSPS) is 10.5. The molecule has 3 rings (SSSR count). The molecule has 0 N–H and O–H groups in total. The molecule has 0 amide bonds. The first kappa shape index (κ1) is 13.4. The number of carbonyl (C=O) groups excluding carboxylic acids is 1. The Labute approximate surface area is 124 Å². The molecule has 104 valence electrons. The number of benzene rings is 3. The van der Waals surface area contributed by atoms with Gasteiger partial charge >= 0.3 is 5.97 Å². The highest BCUT2D eigenvalue weighted by Gasteiger charge is 2.08. The number of esters is 1. The van der Waals surface area contributed by atoms with Crippen LogP contribution in [-0.2, 0) is 6.42 Å². The summed E-state index contributed by atoms with van der Waals surface area (Å²) in [6, 6.07) is 21.2. The van der Waals surface area contributed by atoms with Crippen molar-refractivity contribution in [1.29, 1.82) is 0 Å². The van der Waals surface area contributed by atoms with E-state index in [4.69, 9.17) is 4.74 Å². The molecule has 0 saturated heterocycles. The van der Waals surface area contributed by atoms with Crippen molar-refractivity contribution in [2.75, 3.05) is 0 Å². The van der Waals surface area contributed by atoms with Crippen LogP contribution in [0.3, 0.4) is 0 Å². The maximum atomic E-state index is 12.1. The Morgan fingerprint density at radius 3 is 2.33 bits per heavy atom. The Balaban J connectivity index is 1.81. The van der Waals surface area contributed by atoms with Gasteiger partial charge in [-0.05, 0) is 47.0 Å². The van der Waals surface area contributed by atoms with Gasteiger partial charge in [0.05, 0.1) is 5.56 Å². The molecule has 2 heteroatoms. The number of carbonyl (C=O) groups is 1. The average molecular weight is 276 g/mol. The highest BCUT2D eigenvalue weighted by atomic mass is 16.5. The molecule has 2 nitrogen and oxygen atoms in total. The van der Waals surface area contributed by atoms with Crippen molar-refractivity contribution in [1.82, 2.24) is 0 Å². The third-order valence-electron chi connectivity index (χ3n) is 3.53. The maximum Gasteiger partial charge on any atom is 0.343 e. The second-order valence-corrected chi connectivity index (χ2v) is 4.95. The first-order valence-corrected chi connectivity index (χ1v) is 7.06. The SMILES string of the molecule is CCc1ccc(C(=O)Oc2ccc3ccccc3c2)cc1. The summed E-state index contributed by atoms with van der Waals surface area (Å²) in [5, 5.41) is 2.19. The van der Waals surface area contributed by atoms with Crippen LogP contribution in [0.2, 0.25) is 0 Å². The molecular weight excluding hydrogens is 260 g/mol. The predicted molar refractivity (Wildman–Crippen MR) is 84.7 cm³/mol. The van der Waals surface area contributed by atoms with Gasteiger partial charge in [-0.1, -0.05) is 49.4 Å². The number of hydrogen-bond acceptors (Lipinski definition) is 2. The van der Waals surface area contributed by atoms with Gasteiger partial charge in [-0.3, -0.25) is 0 Å². The molecule has 0 unspecified atom stereocenters. The molecule has 0 saturated carbocycles. The van der Waals surface area contributed by atoms with Crippen LogP contribution in [0.5, 0.6) is 5.75 Å². The summed E-state index contributed by atoms with van der Waals surface area (Å²) in [5.74, 6) is 0.242. The summed E-state index contributed by atoms with van der Waals surface area (Å²) < 4.78 is 5.44. The summed E-state index contributed by atoms with van der Waals surface area (Å²) >= 11 is 0. The molecule has 0 spiro atoms. The van der Waals surface area contributed by atoms with Gasteiger partial charge < -0.3 is 4.74 Å².